The number of nitrogens with zero attached hydrogens (tertiary/aromatic N) is 3. The number of esters is 1. The maximum Gasteiger partial charge on any atom is 0.328 e. The van der Waals surface area contributed by atoms with Gasteiger partial charge in [-0.2, -0.15) is 0 Å². The average Bonchev–Trinajstić information content (AvgIpc) is 3.34. The molecule has 2 aromatic carbocycles. The van der Waals surface area contributed by atoms with E-state index in [0.717, 1.165) is 24.0 Å². The van der Waals surface area contributed by atoms with Gasteiger partial charge in [0.1, 0.15) is 6.04 Å². The van der Waals surface area contributed by atoms with Gasteiger partial charge in [-0.1, -0.05) is 71.5 Å². The van der Waals surface area contributed by atoms with Crippen molar-refractivity contribution in [2.45, 2.75) is 51.0 Å². The zero-order valence-corrected chi connectivity index (χ0v) is 21.5. The van der Waals surface area contributed by atoms with Gasteiger partial charge in [0, 0.05) is 29.7 Å². The molecule has 1 unspecified atom stereocenters. The lowest BCUT2D eigenvalue weighted by atomic mass is 9.81. The van der Waals surface area contributed by atoms with Crippen LogP contribution in [-0.2, 0) is 27.2 Å². The molecule has 0 aromatic heterocycles. The standard InChI is InChI=1S/C26H28Cl2N4O4/c1-36-24(34)21(31-25(35)26(11-2-3-12-26)13-14-30-32-29)15-17-7-9-18(10-8-17)16-22(33)23-19(27)5-4-6-20(23)28/h4-10,21H,2-3,11-16H2,1H3,(H,31,35). The summed E-state index contributed by atoms with van der Waals surface area (Å²) in [5.74, 6) is -0.956. The van der Waals surface area contributed by atoms with E-state index in [0.29, 0.717) is 34.9 Å². The number of ether oxygens (including phenoxy) is 1. The number of carbonyl (C=O) groups is 3. The number of carbonyl (C=O) groups excluding carboxylic acids is 3. The van der Waals surface area contributed by atoms with Crippen molar-refractivity contribution in [2.75, 3.05) is 13.7 Å². The first kappa shape index (κ1) is 27.5. The van der Waals surface area contributed by atoms with E-state index in [4.69, 9.17) is 33.5 Å². The van der Waals surface area contributed by atoms with E-state index in [2.05, 4.69) is 15.3 Å². The van der Waals surface area contributed by atoms with E-state index in [9.17, 15) is 14.4 Å². The lowest BCUT2D eigenvalue weighted by molar-refractivity contribution is -0.146. The molecule has 1 amide bonds. The number of amides is 1. The Morgan fingerprint density at radius 2 is 1.69 bits per heavy atom. The molecular formula is C26H28Cl2N4O4. The maximum atomic E-state index is 13.2. The second-order valence-electron chi connectivity index (χ2n) is 8.96. The van der Waals surface area contributed by atoms with Gasteiger partial charge in [-0.3, -0.25) is 9.59 Å². The van der Waals surface area contributed by atoms with Crippen LogP contribution in [0.25, 0.3) is 10.4 Å². The van der Waals surface area contributed by atoms with Crippen LogP contribution in [0.4, 0.5) is 0 Å². The van der Waals surface area contributed by atoms with E-state index in [1.165, 1.54) is 7.11 Å². The number of hydrogen-bond acceptors (Lipinski definition) is 5. The third-order valence-corrected chi connectivity index (χ3v) is 7.29. The molecule has 36 heavy (non-hydrogen) atoms. The van der Waals surface area contributed by atoms with Crippen molar-refractivity contribution in [1.29, 1.82) is 0 Å². The van der Waals surface area contributed by atoms with Gasteiger partial charge in [-0.05, 0) is 48.1 Å². The smallest absolute Gasteiger partial charge is 0.328 e. The highest BCUT2D eigenvalue weighted by atomic mass is 35.5. The Morgan fingerprint density at radius 1 is 1.08 bits per heavy atom. The molecule has 1 atom stereocenters. The van der Waals surface area contributed by atoms with Gasteiger partial charge in [0.05, 0.1) is 22.7 Å². The van der Waals surface area contributed by atoms with Crippen LogP contribution >= 0.6 is 23.2 Å². The number of hydrogen-bond donors (Lipinski definition) is 1. The van der Waals surface area contributed by atoms with Crippen LogP contribution in [0.1, 0.15) is 53.6 Å². The predicted octanol–water partition coefficient (Wildman–Crippen LogP) is 5.88. The molecule has 0 spiro atoms. The Kier molecular flexibility index (Phi) is 9.76. The van der Waals surface area contributed by atoms with Crippen LogP contribution < -0.4 is 5.32 Å². The van der Waals surface area contributed by atoms with Crippen molar-refractivity contribution in [2.24, 2.45) is 10.5 Å². The van der Waals surface area contributed by atoms with Crippen LogP contribution in [0.15, 0.2) is 47.6 Å². The molecule has 1 aliphatic carbocycles. The van der Waals surface area contributed by atoms with E-state index in [-0.39, 0.29) is 31.1 Å². The fourth-order valence-electron chi connectivity index (χ4n) is 4.66. The Morgan fingerprint density at radius 3 is 2.28 bits per heavy atom. The molecule has 0 radical (unpaired) electrons. The number of nitrogens with one attached hydrogen (secondary N) is 1. The van der Waals surface area contributed by atoms with Gasteiger partial charge in [0.2, 0.25) is 5.91 Å². The van der Waals surface area contributed by atoms with Crippen LogP contribution in [-0.4, -0.2) is 37.4 Å². The van der Waals surface area contributed by atoms with E-state index in [1.54, 1.807) is 30.3 Å². The van der Waals surface area contributed by atoms with Gasteiger partial charge >= 0.3 is 5.97 Å². The van der Waals surface area contributed by atoms with Crippen LogP contribution in [0, 0.1) is 5.41 Å². The molecule has 1 N–H and O–H groups in total. The van der Waals surface area contributed by atoms with Crippen molar-refractivity contribution < 1.29 is 19.1 Å². The number of methoxy groups -OCH3 is 1. The minimum absolute atomic E-state index is 0.120. The highest BCUT2D eigenvalue weighted by molar-refractivity contribution is 6.39. The van der Waals surface area contributed by atoms with E-state index < -0.39 is 17.4 Å². The number of benzene rings is 2. The normalized spacial score (nSPS) is 15.0. The highest BCUT2D eigenvalue weighted by Crippen LogP contribution is 2.41. The summed E-state index contributed by atoms with van der Waals surface area (Å²) in [7, 11) is 1.28. The molecule has 1 fully saturated rings. The molecule has 190 valence electrons. The van der Waals surface area contributed by atoms with Gasteiger partial charge in [-0.15, -0.1) is 0 Å². The first-order valence-corrected chi connectivity index (χ1v) is 12.5. The Bertz CT molecular complexity index is 1140. The molecule has 8 nitrogen and oxygen atoms in total. The summed E-state index contributed by atoms with van der Waals surface area (Å²) in [6.07, 6.45) is 3.98. The van der Waals surface area contributed by atoms with Crippen LogP contribution in [0.2, 0.25) is 10.0 Å². The predicted molar refractivity (Wildman–Crippen MR) is 138 cm³/mol. The first-order chi connectivity index (χ1) is 17.3. The van der Waals surface area contributed by atoms with Gasteiger partial charge < -0.3 is 10.1 Å². The molecule has 0 bridgehead atoms. The van der Waals surface area contributed by atoms with E-state index in [1.807, 2.05) is 12.1 Å². The third kappa shape index (κ3) is 6.78. The molecule has 1 aliphatic rings. The molecule has 0 aliphatic heterocycles. The quantitative estimate of drug-likeness (QED) is 0.128. The SMILES string of the molecule is COC(=O)C(Cc1ccc(CC(=O)c2c(Cl)cccc2Cl)cc1)NC(=O)C1(CCN=[N+]=[N-])CCCC1. The summed E-state index contributed by atoms with van der Waals surface area (Å²) >= 11 is 12.3. The minimum Gasteiger partial charge on any atom is -0.467 e. The van der Waals surface area contributed by atoms with Gasteiger partial charge in [0.15, 0.2) is 5.78 Å². The van der Waals surface area contributed by atoms with Gasteiger partial charge in [0.25, 0.3) is 0 Å². The minimum atomic E-state index is -0.867. The monoisotopic (exact) mass is 530 g/mol. The lowest BCUT2D eigenvalue weighted by Crippen LogP contribution is -2.49. The molecule has 0 heterocycles. The molecular weight excluding hydrogens is 503 g/mol. The summed E-state index contributed by atoms with van der Waals surface area (Å²) < 4.78 is 4.94. The van der Waals surface area contributed by atoms with Crippen molar-refractivity contribution >= 4 is 40.9 Å². The summed E-state index contributed by atoms with van der Waals surface area (Å²) in [6.45, 7) is 0.229. The largest absolute Gasteiger partial charge is 0.467 e. The number of ketones is 1. The molecule has 1 saturated carbocycles. The molecule has 10 heteroatoms. The topological polar surface area (TPSA) is 121 Å². The van der Waals surface area contributed by atoms with E-state index >= 15 is 0 Å². The fraction of sp³-hybridized carbons (Fsp3) is 0.423. The Hall–Kier alpha value is -3.06. The summed E-state index contributed by atoms with van der Waals surface area (Å²) in [5.41, 5.74) is 9.80. The number of rotatable bonds is 11. The second kappa shape index (κ2) is 12.8. The maximum absolute atomic E-state index is 13.2. The summed E-state index contributed by atoms with van der Waals surface area (Å²) in [5, 5.41) is 7.08. The Labute approximate surface area is 219 Å². The molecule has 0 saturated heterocycles. The summed E-state index contributed by atoms with van der Waals surface area (Å²) in [4.78, 5) is 41.2. The Balaban J connectivity index is 1.69. The number of halogens is 2. The lowest BCUT2D eigenvalue weighted by Gasteiger charge is -2.29. The second-order valence-corrected chi connectivity index (χ2v) is 9.77. The zero-order chi connectivity index (χ0) is 26.1. The van der Waals surface area contributed by atoms with Crippen LogP contribution in [0.3, 0.4) is 0 Å². The number of Topliss-reactive ketones (excluding diaryl/α,β-unsaturated/α-hetero) is 1. The molecule has 2 aromatic rings. The fourth-order valence-corrected chi connectivity index (χ4v) is 5.27. The van der Waals surface area contributed by atoms with Crippen molar-refractivity contribution in [3.05, 3.63) is 79.6 Å². The highest BCUT2D eigenvalue weighted by Gasteiger charge is 2.41. The average molecular weight is 531 g/mol. The summed E-state index contributed by atoms with van der Waals surface area (Å²) in [6, 6.07) is 11.3. The zero-order valence-electron chi connectivity index (χ0n) is 20.0. The van der Waals surface area contributed by atoms with Crippen molar-refractivity contribution in [3.63, 3.8) is 0 Å². The third-order valence-electron chi connectivity index (χ3n) is 6.66. The van der Waals surface area contributed by atoms with Crippen molar-refractivity contribution in [3.8, 4) is 0 Å². The van der Waals surface area contributed by atoms with Gasteiger partial charge in [-0.25, -0.2) is 4.79 Å². The first-order valence-electron chi connectivity index (χ1n) is 11.7. The van der Waals surface area contributed by atoms with Crippen molar-refractivity contribution in [1.82, 2.24) is 5.32 Å². The number of azide groups is 1. The molecule has 3 rings (SSSR count). The van der Waals surface area contributed by atoms with Crippen LogP contribution in [0.5, 0.6) is 0 Å².